The highest BCUT2D eigenvalue weighted by Crippen LogP contribution is 2.12. The van der Waals surface area contributed by atoms with Crippen molar-refractivity contribution in [2.75, 3.05) is 13.6 Å². The fourth-order valence-electron chi connectivity index (χ4n) is 2.46. The zero-order valence-electron chi connectivity index (χ0n) is 14.2. The molecule has 1 N–H and O–H groups in total. The van der Waals surface area contributed by atoms with Gasteiger partial charge in [0.1, 0.15) is 0 Å². The van der Waals surface area contributed by atoms with Gasteiger partial charge in [-0.05, 0) is 46.7 Å². The maximum absolute atomic E-state index is 3.64. The fraction of sp³-hybridized carbons (Fsp3) is 0.667. The molecule has 0 aliphatic heterocycles. The van der Waals surface area contributed by atoms with Crippen molar-refractivity contribution in [3.05, 3.63) is 35.4 Å². The molecule has 1 rings (SSSR count). The maximum atomic E-state index is 3.64. The van der Waals surface area contributed by atoms with E-state index in [2.05, 4.69) is 76.1 Å². The summed E-state index contributed by atoms with van der Waals surface area (Å²) in [5, 5.41) is 3.64. The second-order valence-corrected chi connectivity index (χ2v) is 6.98. The standard InChI is InChI=1S/C18H32N2/c1-7-9-17(13-19-18(3,4)5)20(6)14-16-11-8-10-15(2)12-16/h8,10-12,17,19H,7,9,13-14H2,1-6H3. The van der Waals surface area contributed by atoms with Crippen LogP contribution in [0.5, 0.6) is 0 Å². The molecule has 0 saturated heterocycles. The summed E-state index contributed by atoms with van der Waals surface area (Å²) in [6.45, 7) is 13.2. The van der Waals surface area contributed by atoms with Crippen molar-refractivity contribution < 1.29 is 0 Å². The van der Waals surface area contributed by atoms with E-state index in [1.54, 1.807) is 0 Å². The van der Waals surface area contributed by atoms with E-state index >= 15 is 0 Å². The van der Waals surface area contributed by atoms with E-state index in [0.717, 1.165) is 13.1 Å². The first-order valence-electron chi connectivity index (χ1n) is 7.82. The van der Waals surface area contributed by atoms with Gasteiger partial charge in [-0.2, -0.15) is 0 Å². The summed E-state index contributed by atoms with van der Waals surface area (Å²) in [4.78, 5) is 2.48. The first-order valence-corrected chi connectivity index (χ1v) is 7.82. The average Bonchev–Trinajstić information content (AvgIpc) is 2.33. The molecule has 0 radical (unpaired) electrons. The lowest BCUT2D eigenvalue weighted by Crippen LogP contribution is -2.46. The molecular formula is C18H32N2. The van der Waals surface area contributed by atoms with Gasteiger partial charge in [-0.25, -0.2) is 0 Å². The highest BCUT2D eigenvalue weighted by molar-refractivity contribution is 5.22. The number of hydrogen-bond donors (Lipinski definition) is 1. The Labute approximate surface area is 125 Å². The molecule has 0 spiro atoms. The van der Waals surface area contributed by atoms with Crippen LogP contribution < -0.4 is 5.32 Å². The van der Waals surface area contributed by atoms with Gasteiger partial charge in [-0.3, -0.25) is 4.90 Å². The lowest BCUT2D eigenvalue weighted by Gasteiger charge is -2.31. The summed E-state index contributed by atoms with van der Waals surface area (Å²) < 4.78 is 0. The molecule has 0 heterocycles. The van der Waals surface area contributed by atoms with Crippen LogP contribution in [-0.4, -0.2) is 30.1 Å². The van der Waals surface area contributed by atoms with E-state index in [-0.39, 0.29) is 5.54 Å². The molecule has 2 nitrogen and oxygen atoms in total. The van der Waals surface area contributed by atoms with E-state index in [0.29, 0.717) is 6.04 Å². The van der Waals surface area contributed by atoms with Gasteiger partial charge in [-0.1, -0.05) is 43.2 Å². The minimum absolute atomic E-state index is 0.191. The Hall–Kier alpha value is -0.860. The quantitative estimate of drug-likeness (QED) is 0.810. The molecule has 20 heavy (non-hydrogen) atoms. The van der Waals surface area contributed by atoms with Crippen molar-refractivity contribution in [1.29, 1.82) is 0 Å². The molecule has 0 saturated carbocycles. The van der Waals surface area contributed by atoms with Gasteiger partial charge in [-0.15, -0.1) is 0 Å². The first-order chi connectivity index (χ1) is 9.31. The van der Waals surface area contributed by atoms with Crippen LogP contribution in [0.2, 0.25) is 0 Å². The topological polar surface area (TPSA) is 15.3 Å². The molecular weight excluding hydrogens is 244 g/mol. The molecule has 114 valence electrons. The summed E-state index contributed by atoms with van der Waals surface area (Å²) in [6, 6.07) is 9.43. The Balaban J connectivity index is 2.61. The minimum Gasteiger partial charge on any atom is -0.311 e. The van der Waals surface area contributed by atoms with Crippen LogP contribution in [0.25, 0.3) is 0 Å². The molecule has 0 bridgehead atoms. The predicted molar refractivity (Wildman–Crippen MR) is 89.1 cm³/mol. The Morgan fingerprint density at radius 1 is 1.25 bits per heavy atom. The Kier molecular flexibility index (Phi) is 6.70. The van der Waals surface area contributed by atoms with Crippen LogP contribution in [0.1, 0.15) is 51.7 Å². The van der Waals surface area contributed by atoms with Crippen LogP contribution in [0.3, 0.4) is 0 Å². The molecule has 1 atom stereocenters. The van der Waals surface area contributed by atoms with Crippen LogP contribution >= 0.6 is 0 Å². The summed E-state index contributed by atoms with van der Waals surface area (Å²) in [6.07, 6.45) is 2.47. The Bertz CT molecular complexity index is 393. The van der Waals surface area contributed by atoms with E-state index < -0.39 is 0 Å². The number of rotatable bonds is 7. The molecule has 2 heteroatoms. The number of hydrogen-bond acceptors (Lipinski definition) is 2. The van der Waals surface area contributed by atoms with E-state index in [4.69, 9.17) is 0 Å². The third-order valence-corrected chi connectivity index (χ3v) is 3.63. The number of benzene rings is 1. The monoisotopic (exact) mass is 276 g/mol. The number of likely N-dealkylation sites (N-methyl/N-ethyl adjacent to an activating group) is 1. The number of aryl methyl sites for hydroxylation is 1. The van der Waals surface area contributed by atoms with Gasteiger partial charge in [0.2, 0.25) is 0 Å². The molecule has 0 fully saturated rings. The van der Waals surface area contributed by atoms with Crippen molar-refractivity contribution in [1.82, 2.24) is 10.2 Å². The van der Waals surface area contributed by atoms with Crippen LogP contribution in [0.4, 0.5) is 0 Å². The summed E-state index contributed by atoms with van der Waals surface area (Å²) in [5.74, 6) is 0. The average molecular weight is 276 g/mol. The fourth-order valence-corrected chi connectivity index (χ4v) is 2.46. The van der Waals surface area contributed by atoms with Gasteiger partial charge in [0.15, 0.2) is 0 Å². The SMILES string of the molecule is CCCC(CNC(C)(C)C)N(C)Cc1cccc(C)c1. The maximum Gasteiger partial charge on any atom is 0.0234 e. The van der Waals surface area contributed by atoms with Crippen LogP contribution in [-0.2, 0) is 6.54 Å². The number of nitrogens with zero attached hydrogens (tertiary/aromatic N) is 1. The predicted octanol–water partition coefficient (Wildman–Crippen LogP) is 3.98. The van der Waals surface area contributed by atoms with Crippen LogP contribution in [0.15, 0.2) is 24.3 Å². The van der Waals surface area contributed by atoms with Gasteiger partial charge in [0.25, 0.3) is 0 Å². The Morgan fingerprint density at radius 3 is 2.50 bits per heavy atom. The molecule has 0 aliphatic carbocycles. The third-order valence-electron chi connectivity index (χ3n) is 3.63. The zero-order valence-corrected chi connectivity index (χ0v) is 14.2. The van der Waals surface area contributed by atoms with Gasteiger partial charge >= 0.3 is 0 Å². The van der Waals surface area contributed by atoms with Gasteiger partial charge in [0.05, 0.1) is 0 Å². The number of nitrogens with one attached hydrogen (secondary N) is 1. The molecule has 1 aromatic rings. The van der Waals surface area contributed by atoms with Crippen molar-refractivity contribution >= 4 is 0 Å². The summed E-state index contributed by atoms with van der Waals surface area (Å²) in [5.41, 5.74) is 2.94. The highest BCUT2D eigenvalue weighted by atomic mass is 15.2. The molecule has 1 aromatic carbocycles. The van der Waals surface area contributed by atoms with Gasteiger partial charge < -0.3 is 5.32 Å². The lowest BCUT2D eigenvalue weighted by atomic mass is 10.1. The molecule has 0 aliphatic rings. The third kappa shape index (κ3) is 6.53. The van der Waals surface area contributed by atoms with E-state index in [1.807, 2.05) is 0 Å². The molecule has 0 aromatic heterocycles. The lowest BCUT2D eigenvalue weighted by molar-refractivity contribution is 0.202. The smallest absolute Gasteiger partial charge is 0.0234 e. The summed E-state index contributed by atoms with van der Waals surface area (Å²) >= 11 is 0. The van der Waals surface area contributed by atoms with Crippen molar-refractivity contribution in [3.63, 3.8) is 0 Å². The second-order valence-electron chi connectivity index (χ2n) is 6.98. The highest BCUT2D eigenvalue weighted by Gasteiger charge is 2.17. The first kappa shape index (κ1) is 17.2. The molecule has 1 unspecified atom stereocenters. The van der Waals surface area contributed by atoms with Crippen LogP contribution in [0, 0.1) is 6.92 Å². The zero-order chi connectivity index (χ0) is 15.2. The van der Waals surface area contributed by atoms with Gasteiger partial charge in [0, 0.05) is 24.7 Å². The normalized spacial score (nSPS) is 13.8. The largest absolute Gasteiger partial charge is 0.311 e. The Morgan fingerprint density at radius 2 is 1.95 bits per heavy atom. The van der Waals surface area contributed by atoms with E-state index in [1.165, 1.54) is 24.0 Å². The second kappa shape index (κ2) is 7.80. The molecule has 0 amide bonds. The minimum atomic E-state index is 0.191. The van der Waals surface area contributed by atoms with Crippen molar-refractivity contribution in [2.24, 2.45) is 0 Å². The summed E-state index contributed by atoms with van der Waals surface area (Å²) in [7, 11) is 2.24. The van der Waals surface area contributed by atoms with E-state index in [9.17, 15) is 0 Å². The van der Waals surface area contributed by atoms with Crippen molar-refractivity contribution in [2.45, 2.75) is 65.6 Å². The van der Waals surface area contributed by atoms with Crippen molar-refractivity contribution in [3.8, 4) is 0 Å².